The van der Waals surface area contributed by atoms with E-state index in [2.05, 4.69) is 0 Å². The van der Waals surface area contributed by atoms with Crippen LogP contribution in [0.2, 0.25) is 0 Å². The lowest BCUT2D eigenvalue weighted by Gasteiger charge is -2.19. The summed E-state index contributed by atoms with van der Waals surface area (Å²) < 4.78 is 19.0. The summed E-state index contributed by atoms with van der Waals surface area (Å²) in [5.41, 5.74) is 0.429. The number of aliphatic carboxylic acids is 1. The maximum Gasteiger partial charge on any atom is 0.307 e. The van der Waals surface area contributed by atoms with Crippen LogP contribution in [0.15, 0.2) is 18.2 Å². The molecule has 1 N–H and O–H groups in total. The minimum atomic E-state index is -0.825. The van der Waals surface area contributed by atoms with Crippen molar-refractivity contribution < 1.29 is 19.0 Å². The number of hydrogen-bond donors (Lipinski definition) is 1. The highest BCUT2D eigenvalue weighted by Crippen LogP contribution is 2.34. The normalized spacial score (nSPS) is 17.4. The first-order valence-electron chi connectivity index (χ1n) is 6.67. The minimum Gasteiger partial charge on any atom is -0.494 e. The monoisotopic (exact) mass is 266 g/mol. The number of rotatable bonds is 5. The number of carboxylic acid groups (broad SMARTS) is 1. The van der Waals surface area contributed by atoms with Crippen LogP contribution in [0.1, 0.15) is 31.2 Å². The topological polar surface area (TPSA) is 46.5 Å². The van der Waals surface area contributed by atoms with Crippen molar-refractivity contribution in [3.05, 3.63) is 29.6 Å². The van der Waals surface area contributed by atoms with Crippen molar-refractivity contribution in [3.8, 4) is 5.75 Å². The lowest BCUT2D eigenvalue weighted by molar-refractivity contribution is -0.143. The van der Waals surface area contributed by atoms with Gasteiger partial charge in [0.15, 0.2) is 11.6 Å². The van der Waals surface area contributed by atoms with Crippen molar-refractivity contribution in [1.82, 2.24) is 0 Å². The standard InChI is InChI=1S/C15H19FO3/c1-19-13-8-4-7-11(14(13)16)9-12(15(17)18)10-5-2-3-6-10/h4,7-8,10,12H,2-3,5-6,9H2,1H3,(H,17,18). The van der Waals surface area contributed by atoms with Gasteiger partial charge in [0, 0.05) is 0 Å². The van der Waals surface area contributed by atoms with E-state index >= 15 is 0 Å². The van der Waals surface area contributed by atoms with E-state index in [-0.39, 0.29) is 18.1 Å². The van der Waals surface area contributed by atoms with Gasteiger partial charge < -0.3 is 9.84 Å². The molecule has 4 heteroatoms. The molecule has 1 atom stereocenters. The Hall–Kier alpha value is -1.58. The Labute approximate surface area is 112 Å². The summed E-state index contributed by atoms with van der Waals surface area (Å²) in [5.74, 6) is -1.41. The van der Waals surface area contributed by atoms with Crippen LogP contribution < -0.4 is 4.74 Å². The van der Waals surface area contributed by atoms with Gasteiger partial charge in [-0.25, -0.2) is 4.39 Å². The van der Waals surface area contributed by atoms with Gasteiger partial charge in [0.1, 0.15) is 0 Å². The molecule has 0 saturated heterocycles. The Morgan fingerprint density at radius 2 is 2.16 bits per heavy atom. The lowest BCUT2D eigenvalue weighted by atomic mass is 9.85. The van der Waals surface area contributed by atoms with Crippen LogP contribution in [0.5, 0.6) is 5.75 Å². The molecular weight excluding hydrogens is 247 g/mol. The van der Waals surface area contributed by atoms with Crippen molar-refractivity contribution in [2.24, 2.45) is 11.8 Å². The molecule has 1 aromatic rings. The summed E-state index contributed by atoms with van der Waals surface area (Å²) >= 11 is 0. The molecule has 0 bridgehead atoms. The van der Waals surface area contributed by atoms with Crippen molar-refractivity contribution in [3.63, 3.8) is 0 Å². The molecule has 1 fully saturated rings. The molecular formula is C15H19FO3. The van der Waals surface area contributed by atoms with E-state index in [9.17, 15) is 14.3 Å². The van der Waals surface area contributed by atoms with Crippen molar-refractivity contribution in [1.29, 1.82) is 0 Å². The fraction of sp³-hybridized carbons (Fsp3) is 0.533. The van der Waals surface area contributed by atoms with Crippen LogP contribution in [0.3, 0.4) is 0 Å². The summed E-state index contributed by atoms with van der Waals surface area (Å²) in [6, 6.07) is 4.89. The van der Waals surface area contributed by atoms with Crippen LogP contribution in [-0.2, 0) is 11.2 Å². The van der Waals surface area contributed by atoms with Crippen molar-refractivity contribution >= 4 is 5.97 Å². The highest BCUT2D eigenvalue weighted by Gasteiger charge is 2.31. The number of ether oxygens (including phenoxy) is 1. The summed E-state index contributed by atoms with van der Waals surface area (Å²) in [7, 11) is 1.41. The zero-order valence-corrected chi connectivity index (χ0v) is 11.1. The molecule has 19 heavy (non-hydrogen) atoms. The van der Waals surface area contributed by atoms with E-state index in [0.717, 1.165) is 25.7 Å². The third kappa shape index (κ3) is 3.06. The van der Waals surface area contributed by atoms with Crippen LogP contribution in [0, 0.1) is 17.7 Å². The predicted molar refractivity (Wildman–Crippen MR) is 69.7 cm³/mol. The molecule has 0 aromatic heterocycles. The van der Waals surface area contributed by atoms with E-state index < -0.39 is 17.7 Å². The first-order chi connectivity index (χ1) is 9.13. The predicted octanol–water partition coefficient (Wildman–Crippen LogP) is 3.27. The number of benzene rings is 1. The van der Waals surface area contributed by atoms with Gasteiger partial charge in [-0.05, 0) is 36.8 Å². The number of carboxylic acids is 1. The van der Waals surface area contributed by atoms with Gasteiger partial charge in [-0.1, -0.05) is 25.0 Å². The zero-order valence-electron chi connectivity index (χ0n) is 11.1. The molecule has 0 radical (unpaired) electrons. The summed E-state index contributed by atoms with van der Waals surface area (Å²) in [5, 5.41) is 9.36. The molecule has 3 nitrogen and oxygen atoms in total. The minimum absolute atomic E-state index is 0.170. The van der Waals surface area contributed by atoms with E-state index in [0.29, 0.717) is 5.56 Å². The molecule has 2 rings (SSSR count). The van der Waals surface area contributed by atoms with E-state index in [1.807, 2.05) is 0 Å². The Morgan fingerprint density at radius 1 is 1.47 bits per heavy atom. The fourth-order valence-electron chi connectivity index (χ4n) is 2.92. The maximum absolute atomic E-state index is 14.1. The zero-order chi connectivity index (χ0) is 13.8. The molecule has 1 unspecified atom stereocenters. The Morgan fingerprint density at radius 3 is 2.74 bits per heavy atom. The van der Waals surface area contributed by atoms with Gasteiger partial charge >= 0.3 is 5.97 Å². The fourth-order valence-corrected chi connectivity index (χ4v) is 2.92. The van der Waals surface area contributed by atoms with Crippen molar-refractivity contribution in [2.75, 3.05) is 7.11 Å². The van der Waals surface area contributed by atoms with E-state index in [1.165, 1.54) is 7.11 Å². The average Bonchev–Trinajstić information content (AvgIpc) is 2.90. The number of carbonyl (C=O) groups is 1. The van der Waals surface area contributed by atoms with Crippen LogP contribution >= 0.6 is 0 Å². The number of methoxy groups -OCH3 is 1. The first-order valence-corrected chi connectivity index (χ1v) is 6.67. The lowest BCUT2D eigenvalue weighted by Crippen LogP contribution is -2.24. The highest BCUT2D eigenvalue weighted by atomic mass is 19.1. The molecule has 1 aromatic carbocycles. The second kappa shape index (κ2) is 6.04. The second-order valence-corrected chi connectivity index (χ2v) is 5.13. The second-order valence-electron chi connectivity index (χ2n) is 5.13. The molecule has 1 aliphatic carbocycles. The summed E-state index contributed by atoms with van der Waals surface area (Å²) in [6.07, 6.45) is 4.26. The van der Waals surface area contributed by atoms with Gasteiger partial charge in [0.25, 0.3) is 0 Å². The smallest absolute Gasteiger partial charge is 0.307 e. The van der Waals surface area contributed by atoms with Crippen LogP contribution in [0.25, 0.3) is 0 Å². The number of hydrogen-bond acceptors (Lipinski definition) is 2. The molecule has 0 heterocycles. The highest BCUT2D eigenvalue weighted by molar-refractivity contribution is 5.71. The van der Waals surface area contributed by atoms with Gasteiger partial charge in [-0.2, -0.15) is 0 Å². The summed E-state index contributed by atoms with van der Waals surface area (Å²) in [4.78, 5) is 11.4. The molecule has 0 amide bonds. The maximum atomic E-state index is 14.1. The number of halogens is 1. The SMILES string of the molecule is COc1cccc(CC(C(=O)O)C2CCCC2)c1F. The molecule has 1 aliphatic rings. The van der Waals surface area contributed by atoms with Crippen molar-refractivity contribution in [2.45, 2.75) is 32.1 Å². The quantitative estimate of drug-likeness (QED) is 0.889. The van der Waals surface area contributed by atoms with E-state index in [4.69, 9.17) is 4.74 Å². The van der Waals surface area contributed by atoms with E-state index in [1.54, 1.807) is 18.2 Å². The molecule has 104 valence electrons. The Balaban J connectivity index is 2.19. The third-order valence-corrected chi connectivity index (χ3v) is 3.99. The first kappa shape index (κ1) is 13.8. The Kier molecular flexibility index (Phi) is 4.40. The third-order valence-electron chi connectivity index (χ3n) is 3.99. The van der Waals surface area contributed by atoms with Crippen LogP contribution in [0.4, 0.5) is 4.39 Å². The van der Waals surface area contributed by atoms with Gasteiger partial charge in [-0.15, -0.1) is 0 Å². The van der Waals surface area contributed by atoms with Crippen LogP contribution in [-0.4, -0.2) is 18.2 Å². The Bertz CT molecular complexity index is 453. The molecule has 0 spiro atoms. The van der Waals surface area contributed by atoms with Gasteiger partial charge in [0.05, 0.1) is 13.0 Å². The van der Waals surface area contributed by atoms with Gasteiger partial charge in [-0.3, -0.25) is 4.79 Å². The summed E-state index contributed by atoms with van der Waals surface area (Å²) in [6.45, 7) is 0. The average molecular weight is 266 g/mol. The largest absolute Gasteiger partial charge is 0.494 e. The molecule has 0 aliphatic heterocycles. The van der Waals surface area contributed by atoms with Gasteiger partial charge in [0.2, 0.25) is 0 Å². The molecule has 1 saturated carbocycles.